The molecular weight excluding hydrogens is 807 g/mol. The smallest absolute Gasteiger partial charge is 0.0531 e. The fourth-order valence-corrected chi connectivity index (χ4v) is 8.35. The molecule has 0 saturated carbocycles. The van der Waals surface area contributed by atoms with Crippen molar-refractivity contribution in [2.24, 2.45) is 0 Å². The Balaban J connectivity index is 0.000000236. The van der Waals surface area contributed by atoms with Gasteiger partial charge in [0.2, 0.25) is 0 Å². The number of thiophene rings is 1. The second kappa shape index (κ2) is 12.4. The molecule has 1 radical (unpaired) electrons. The summed E-state index contributed by atoms with van der Waals surface area (Å²) in [7, 11) is 0. The molecule has 245 valence electrons. The monoisotopic (exact) mass is 840 g/mol. The zero-order valence-corrected chi connectivity index (χ0v) is 31.4. The van der Waals surface area contributed by atoms with Gasteiger partial charge in [-0.25, -0.2) is 0 Å². The molecule has 0 spiro atoms. The Morgan fingerprint density at radius 1 is 0.640 bits per heavy atom. The maximum Gasteiger partial charge on any atom is 0.0531 e. The van der Waals surface area contributed by atoms with Crippen molar-refractivity contribution in [1.82, 2.24) is 14.4 Å². The summed E-state index contributed by atoms with van der Waals surface area (Å²) in [4.78, 5) is 8.96. The van der Waals surface area contributed by atoms with Gasteiger partial charge in [0.1, 0.15) is 0 Å². The Morgan fingerprint density at radius 3 is 2.26 bits per heavy atom. The fourth-order valence-electron chi connectivity index (χ4n) is 7.10. The number of hydrogen-bond acceptors (Lipinski definition) is 3. The van der Waals surface area contributed by atoms with E-state index in [1.54, 1.807) is 6.20 Å². The van der Waals surface area contributed by atoms with E-state index in [2.05, 4.69) is 122 Å². The molecule has 5 heteroatoms. The van der Waals surface area contributed by atoms with Crippen LogP contribution in [-0.4, -0.2) is 14.4 Å². The Bertz CT molecular complexity index is 2770. The summed E-state index contributed by atoms with van der Waals surface area (Å²) in [5, 5.41) is 7.96. The van der Waals surface area contributed by atoms with Gasteiger partial charge in [-0.2, -0.15) is 0 Å². The maximum absolute atomic E-state index is 4.74. The van der Waals surface area contributed by atoms with Gasteiger partial charge in [0, 0.05) is 69.0 Å². The first-order valence-corrected chi connectivity index (χ1v) is 17.5. The summed E-state index contributed by atoms with van der Waals surface area (Å²) in [5.41, 5.74) is 10.5. The van der Waals surface area contributed by atoms with Crippen molar-refractivity contribution in [2.75, 3.05) is 0 Å². The van der Waals surface area contributed by atoms with E-state index in [4.69, 9.17) is 4.98 Å². The van der Waals surface area contributed by atoms with Gasteiger partial charge in [-0.15, -0.1) is 71.0 Å². The summed E-state index contributed by atoms with van der Waals surface area (Å²) in [5.74, 6) is 0. The minimum Gasteiger partial charge on any atom is -0.350 e. The molecule has 5 aromatic carbocycles. The van der Waals surface area contributed by atoms with Crippen molar-refractivity contribution < 1.29 is 20.1 Å². The van der Waals surface area contributed by atoms with Crippen LogP contribution in [0, 0.1) is 19.1 Å². The Morgan fingerprint density at radius 2 is 1.46 bits per heavy atom. The molecule has 5 heterocycles. The molecule has 10 aromatic rings. The Labute approximate surface area is 308 Å². The molecule has 0 bridgehead atoms. The molecule has 10 rings (SSSR count). The zero-order valence-electron chi connectivity index (χ0n) is 28.2. The summed E-state index contributed by atoms with van der Waals surface area (Å²) >= 11 is 1.91. The van der Waals surface area contributed by atoms with Gasteiger partial charge < -0.3 is 14.4 Å². The van der Waals surface area contributed by atoms with Crippen molar-refractivity contribution >= 4 is 69.6 Å². The number of hydrogen-bond donors (Lipinski definition) is 0. The van der Waals surface area contributed by atoms with E-state index < -0.39 is 0 Å². The van der Waals surface area contributed by atoms with Crippen molar-refractivity contribution in [3.63, 3.8) is 0 Å². The van der Waals surface area contributed by atoms with Gasteiger partial charge in [0.25, 0.3) is 0 Å². The number of aryl methyl sites for hydroxylation is 1. The van der Waals surface area contributed by atoms with Crippen LogP contribution in [0.1, 0.15) is 31.9 Å². The van der Waals surface area contributed by atoms with Gasteiger partial charge in [0.15, 0.2) is 0 Å². The largest absolute Gasteiger partial charge is 0.350 e. The molecule has 3 nitrogen and oxygen atoms in total. The van der Waals surface area contributed by atoms with Crippen LogP contribution in [0.15, 0.2) is 128 Å². The maximum atomic E-state index is 4.74. The minimum atomic E-state index is 0. The second-order valence-corrected chi connectivity index (χ2v) is 14.8. The number of nitrogens with zero attached hydrogens (tertiary/aromatic N) is 3. The predicted octanol–water partition coefficient (Wildman–Crippen LogP) is 12.2. The molecule has 0 amide bonds. The van der Waals surface area contributed by atoms with Crippen LogP contribution in [0.2, 0.25) is 0 Å². The van der Waals surface area contributed by atoms with E-state index in [1.807, 2.05) is 60.0 Å². The van der Waals surface area contributed by atoms with Crippen molar-refractivity contribution in [3.05, 3.63) is 151 Å². The Hall–Kier alpha value is -4.93. The number of benzene rings is 5. The molecule has 5 aromatic heterocycles. The van der Waals surface area contributed by atoms with E-state index in [-0.39, 0.29) is 25.5 Å². The van der Waals surface area contributed by atoms with Crippen molar-refractivity contribution in [3.8, 4) is 22.5 Å². The van der Waals surface area contributed by atoms with Crippen LogP contribution in [0.4, 0.5) is 0 Å². The number of aromatic nitrogens is 3. The summed E-state index contributed by atoms with van der Waals surface area (Å²) in [6, 6.07) is 47.3. The third kappa shape index (κ3) is 5.29. The standard InChI is InChI=1S/C34H25N2S.C11H8N.Ir/c1-19-9-11-29-26(15-19)31-32-24(18-25-22-7-5-6-8-30(22)37-33(25)31)23-16-20(10-12-28(23)36(29)32)27-17-21(13-14-35-27)34(2,3)4;1-2-6-10(7-3-1)11-8-4-5-9-12-11;/h5-9,11-18H,1-4H3;1-6,8-9H;/q2*-1;. The average molecular weight is 840 g/mol. The van der Waals surface area contributed by atoms with Gasteiger partial charge >= 0.3 is 0 Å². The Kier molecular flexibility index (Phi) is 8.03. The van der Waals surface area contributed by atoms with E-state index in [1.165, 1.54) is 69.4 Å². The van der Waals surface area contributed by atoms with Crippen molar-refractivity contribution in [2.45, 2.75) is 33.1 Å². The predicted molar refractivity (Wildman–Crippen MR) is 208 cm³/mol. The van der Waals surface area contributed by atoms with Crippen LogP contribution < -0.4 is 0 Å². The molecule has 50 heavy (non-hydrogen) atoms. The molecule has 0 fully saturated rings. The van der Waals surface area contributed by atoms with E-state index in [0.717, 1.165) is 22.5 Å². The molecule has 0 atom stereocenters. The molecule has 0 aliphatic carbocycles. The molecule has 0 unspecified atom stereocenters. The summed E-state index contributed by atoms with van der Waals surface area (Å²) < 4.78 is 5.18. The SMILES string of the molecule is Cc1ccc2c(c1)c1c3sc4ccccc4c3cc3c4cc(-c5cc(C(C)(C)C)ccn5)[c-]cc4n2c31.[Ir].[c-]1ccccc1-c1ccccn1. The first-order valence-electron chi connectivity index (χ1n) is 16.7. The van der Waals surface area contributed by atoms with E-state index in [0.29, 0.717) is 0 Å². The van der Waals surface area contributed by atoms with Gasteiger partial charge in [-0.3, -0.25) is 0 Å². The average Bonchev–Trinajstić information content (AvgIpc) is 3.78. The topological polar surface area (TPSA) is 30.2 Å². The molecule has 0 N–H and O–H groups in total. The zero-order chi connectivity index (χ0) is 33.3. The molecular formula is C45H33IrN3S-2. The summed E-state index contributed by atoms with van der Waals surface area (Å²) in [6.45, 7) is 8.92. The number of fused-ring (bicyclic) bond motifs is 10. The fraction of sp³-hybridized carbons (Fsp3) is 0.111. The van der Waals surface area contributed by atoms with Gasteiger partial charge in [0.05, 0.1) is 5.52 Å². The second-order valence-electron chi connectivity index (χ2n) is 13.8. The molecule has 0 saturated heterocycles. The number of rotatable bonds is 2. The quantitative estimate of drug-likeness (QED) is 0.162. The van der Waals surface area contributed by atoms with Crippen LogP contribution in [0.5, 0.6) is 0 Å². The molecule has 0 aliphatic rings. The summed E-state index contributed by atoms with van der Waals surface area (Å²) in [6.07, 6.45) is 3.72. The van der Waals surface area contributed by atoms with Crippen LogP contribution in [0.3, 0.4) is 0 Å². The van der Waals surface area contributed by atoms with Crippen LogP contribution in [0.25, 0.3) is 80.8 Å². The number of pyridine rings is 2. The first-order chi connectivity index (χ1) is 23.8. The van der Waals surface area contributed by atoms with Gasteiger partial charge in [-0.1, -0.05) is 74.2 Å². The molecule has 0 aliphatic heterocycles. The van der Waals surface area contributed by atoms with Crippen LogP contribution in [-0.2, 0) is 25.5 Å². The van der Waals surface area contributed by atoms with Gasteiger partial charge in [-0.05, 0) is 76.6 Å². The van der Waals surface area contributed by atoms with Crippen molar-refractivity contribution in [1.29, 1.82) is 0 Å². The minimum absolute atomic E-state index is 0. The third-order valence-electron chi connectivity index (χ3n) is 9.54. The van der Waals surface area contributed by atoms with E-state index in [9.17, 15) is 0 Å². The van der Waals surface area contributed by atoms with E-state index >= 15 is 0 Å². The first kappa shape index (κ1) is 32.3. The third-order valence-corrected chi connectivity index (χ3v) is 10.7. The normalized spacial score (nSPS) is 11.8. The van der Waals surface area contributed by atoms with Crippen LogP contribution >= 0.6 is 11.3 Å².